The van der Waals surface area contributed by atoms with Crippen LogP contribution in [0.4, 0.5) is 4.39 Å². The molecule has 1 heterocycles. The van der Waals surface area contributed by atoms with Gasteiger partial charge in [-0.05, 0) is 55.7 Å². The number of esters is 1. The second kappa shape index (κ2) is 7.64. The number of carboxylic acid groups (broad SMARTS) is 1. The highest BCUT2D eigenvalue weighted by molar-refractivity contribution is 6.09. The minimum atomic E-state index is -1.26. The lowest BCUT2D eigenvalue weighted by atomic mass is 9.99. The van der Waals surface area contributed by atoms with E-state index in [1.807, 2.05) is 0 Å². The van der Waals surface area contributed by atoms with E-state index < -0.39 is 23.8 Å². The van der Waals surface area contributed by atoms with Gasteiger partial charge in [0.2, 0.25) is 0 Å². The van der Waals surface area contributed by atoms with E-state index in [9.17, 15) is 24.2 Å². The van der Waals surface area contributed by atoms with Crippen LogP contribution in [0.5, 0.6) is 5.75 Å². The molecule has 3 aromatic rings. The van der Waals surface area contributed by atoms with Crippen molar-refractivity contribution in [2.45, 2.75) is 26.4 Å². The van der Waals surface area contributed by atoms with Gasteiger partial charge >= 0.3 is 11.9 Å². The van der Waals surface area contributed by atoms with Gasteiger partial charge in [-0.1, -0.05) is 12.1 Å². The number of rotatable bonds is 5. The van der Waals surface area contributed by atoms with Crippen LogP contribution >= 0.6 is 0 Å². The number of hydrogen-bond donors (Lipinski definition) is 2. The van der Waals surface area contributed by atoms with Crippen molar-refractivity contribution >= 4 is 22.8 Å². The predicted molar refractivity (Wildman–Crippen MR) is 100 cm³/mol. The normalized spacial score (nSPS) is 11.0. The van der Waals surface area contributed by atoms with E-state index in [0.29, 0.717) is 12.0 Å². The maximum atomic E-state index is 13.1. The molecule has 0 aliphatic rings. The summed E-state index contributed by atoms with van der Waals surface area (Å²) in [5.41, 5.74) is 1.08. The number of benzene rings is 2. The van der Waals surface area contributed by atoms with E-state index >= 15 is 0 Å². The summed E-state index contributed by atoms with van der Waals surface area (Å²) in [5, 5.41) is 20.2. The Kier molecular flexibility index (Phi) is 5.26. The van der Waals surface area contributed by atoms with Crippen molar-refractivity contribution in [3.05, 3.63) is 70.7 Å². The van der Waals surface area contributed by atoms with Crippen molar-refractivity contribution in [1.82, 2.24) is 4.98 Å². The minimum absolute atomic E-state index is 0.00142. The summed E-state index contributed by atoms with van der Waals surface area (Å²) in [6, 6.07) is 8.61. The van der Waals surface area contributed by atoms with Crippen LogP contribution in [0.3, 0.4) is 0 Å². The number of carbonyl (C=O) groups is 2. The summed E-state index contributed by atoms with van der Waals surface area (Å²) in [7, 11) is 0. The molecule has 0 unspecified atom stereocenters. The number of phenols is 1. The lowest BCUT2D eigenvalue weighted by molar-refractivity contribution is 0.0375. The van der Waals surface area contributed by atoms with Gasteiger partial charge in [0.1, 0.15) is 16.9 Å². The molecule has 0 amide bonds. The Balaban J connectivity index is 2.09. The Morgan fingerprint density at radius 2 is 1.79 bits per heavy atom. The van der Waals surface area contributed by atoms with Gasteiger partial charge in [0.05, 0.1) is 11.7 Å². The number of aromatic hydroxyl groups is 1. The van der Waals surface area contributed by atoms with Crippen LogP contribution in [0.15, 0.2) is 42.6 Å². The van der Waals surface area contributed by atoms with Crippen LogP contribution in [0, 0.1) is 5.82 Å². The van der Waals surface area contributed by atoms with Gasteiger partial charge in [-0.15, -0.1) is 0 Å². The van der Waals surface area contributed by atoms with Crippen molar-refractivity contribution in [2.24, 2.45) is 0 Å². The molecule has 0 bridgehead atoms. The zero-order valence-corrected chi connectivity index (χ0v) is 15.3. The average Bonchev–Trinajstić information content (AvgIpc) is 2.63. The average molecular weight is 383 g/mol. The monoisotopic (exact) mass is 383 g/mol. The van der Waals surface area contributed by atoms with Gasteiger partial charge in [-0.2, -0.15) is 0 Å². The van der Waals surface area contributed by atoms with Crippen LogP contribution in [0.1, 0.15) is 45.7 Å². The highest BCUT2D eigenvalue weighted by Gasteiger charge is 2.23. The molecule has 144 valence electrons. The Labute approximate surface area is 160 Å². The molecule has 7 heteroatoms. The van der Waals surface area contributed by atoms with Gasteiger partial charge in [0.15, 0.2) is 5.75 Å². The van der Waals surface area contributed by atoms with Crippen LogP contribution < -0.4 is 0 Å². The maximum Gasteiger partial charge on any atom is 0.342 e. The molecule has 6 nitrogen and oxygen atoms in total. The molecule has 0 fully saturated rings. The Morgan fingerprint density at radius 3 is 2.39 bits per heavy atom. The molecule has 3 rings (SSSR count). The van der Waals surface area contributed by atoms with Crippen molar-refractivity contribution in [3.63, 3.8) is 0 Å². The largest absolute Gasteiger partial charge is 0.505 e. The van der Waals surface area contributed by atoms with Crippen molar-refractivity contribution in [2.75, 3.05) is 0 Å². The lowest BCUT2D eigenvalue weighted by Crippen LogP contribution is -2.13. The molecule has 0 radical (unpaired) electrons. The summed E-state index contributed by atoms with van der Waals surface area (Å²) in [6.07, 6.45) is 1.45. The molecular formula is C21H18FNO5. The van der Waals surface area contributed by atoms with Crippen LogP contribution in [-0.4, -0.2) is 33.2 Å². The molecule has 0 atom stereocenters. The summed E-state index contributed by atoms with van der Waals surface area (Å²) >= 11 is 0. The van der Waals surface area contributed by atoms with Crippen molar-refractivity contribution < 1.29 is 28.9 Å². The first-order chi connectivity index (χ1) is 13.3. The van der Waals surface area contributed by atoms with E-state index in [-0.39, 0.29) is 27.8 Å². The molecule has 0 aliphatic carbocycles. The second-order valence-corrected chi connectivity index (χ2v) is 6.62. The van der Waals surface area contributed by atoms with Crippen LogP contribution in [-0.2, 0) is 11.2 Å². The molecule has 0 saturated heterocycles. The third-order valence-electron chi connectivity index (χ3n) is 4.12. The first-order valence-corrected chi connectivity index (χ1v) is 8.59. The standard InChI is InChI=1S/C21H18FNO5/c1-11(2)28-21(27)17-9-16(20(25)26)15-8-13(10-23-18(15)19(17)24)7-12-3-5-14(22)6-4-12/h3-6,8-11,24H,7H2,1-2H3,(H,25,26). The topological polar surface area (TPSA) is 96.7 Å². The number of carbonyl (C=O) groups excluding carboxylic acids is 1. The number of hydrogen-bond acceptors (Lipinski definition) is 5. The maximum absolute atomic E-state index is 13.1. The Bertz CT molecular complexity index is 1060. The van der Waals surface area contributed by atoms with Crippen molar-refractivity contribution in [3.8, 4) is 5.75 Å². The number of nitrogens with zero attached hydrogens (tertiary/aromatic N) is 1. The van der Waals surface area contributed by atoms with Crippen LogP contribution in [0.25, 0.3) is 10.9 Å². The lowest BCUT2D eigenvalue weighted by Gasteiger charge is -2.13. The summed E-state index contributed by atoms with van der Waals surface area (Å²) in [6.45, 7) is 3.29. The number of fused-ring (bicyclic) bond motifs is 1. The van der Waals surface area contributed by atoms with Gasteiger partial charge in [0.25, 0.3) is 0 Å². The molecule has 28 heavy (non-hydrogen) atoms. The smallest absolute Gasteiger partial charge is 0.342 e. The fourth-order valence-electron chi connectivity index (χ4n) is 2.86. The molecule has 0 aliphatic heterocycles. The molecule has 0 saturated carbocycles. The highest BCUT2D eigenvalue weighted by Crippen LogP contribution is 2.32. The number of halogens is 1. The number of aromatic carboxylic acids is 1. The van der Waals surface area contributed by atoms with Gasteiger partial charge in [-0.3, -0.25) is 4.98 Å². The molecule has 1 aromatic heterocycles. The molecular weight excluding hydrogens is 365 g/mol. The molecule has 2 N–H and O–H groups in total. The molecule has 2 aromatic carbocycles. The summed E-state index contributed by atoms with van der Waals surface area (Å²) in [4.78, 5) is 28.1. The third kappa shape index (κ3) is 3.93. The van der Waals surface area contributed by atoms with Gasteiger partial charge in [0, 0.05) is 11.6 Å². The quantitative estimate of drug-likeness (QED) is 0.648. The number of pyridine rings is 1. The van der Waals surface area contributed by atoms with E-state index in [1.165, 1.54) is 18.3 Å². The van der Waals surface area contributed by atoms with Gasteiger partial charge < -0.3 is 14.9 Å². The Hall–Kier alpha value is -3.48. The summed E-state index contributed by atoms with van der Waals surface area (Å²) in [5.74, 6) is -2.86. The summed E-state index contributed by atoms with van der Waals surface area (Å²) < 4.78 is 18.1. The zero-order chi connectivity index (χ0) is 20.4. The van der Waals surface area contributed by atoms with E-state index in [2.05, 4.69) is 4.98 Å². The van der Waals surface area contributed by atoms with E-state index in [0.717, 1.165) is 11.6 Å². The first-order valence-electron chi connectivity index (χ1n) is 8.59. The minimum Gasteiger partial charge on any atom is -0.505 e. The number of carboxylic acids is 1. The number of phenolic OH excluding ortho intramolecular Hbond substituents is 1. The Morgan fingerprint density at radius 1 is 1.11 bits per heavy atom. The fraction of sp³-hybridized carbons (Fsp3) is 0.190. The number of aromatic nitrogens is 1. The van der Waals surface area contributed by atoms with E-state index in [4.69, 9.17) is 4.74 Å². The second-order valence-electron chi connectivity index (χ2n) is 6.62. The SMILES string of the molecule is CC(C)OC(=O)c1cc(C(=O)O)c2cc(Cc3ccc(F)cc3)cnc2c1O. The van der Waals surface area contributed by atoms with Crippen LogP contribution in [0.2, 0.25) is 0 Å². The van der Waals surface area contributed by atoms with Crippen molar-refractivity contribution in [1.29, 1.82) is 0 Å². The zero-order valence-electron chi connectivity index (χ0n) is 15.3. The first kappa shape index (κ1) is 19.3. The fourth-order valence-corrected chi connectivity index (χ4v) is 2.86. The third-order valence-corrected chi connectivity index (χ3v) is 4.12. The van der Waals surface area contributed by atoms with E-state index in [1.54, 1.807) is 32.0 Å². The molecule has 0 spiro atoms. The highest BCUT2D eigenvalue weighted by atomic mass is 19.1. The predicted octanol–water partition coefficient (Wildman–Crippen LogP) is 3.93. The van der Waals surface area contributed by atoms with Gasteiger partial charge in [-0.25, -0.2) is 14.0 Å². The number of ether oxygens (including phenoxy) is 1.